The number of anilines is 1. The Balaban J connectivity index is 1.86. The van der Waals surface area contributed by atoms with Crippen molar-refractivity contribution in [3.8, 4) is 0 Å². The second-order valence-electron chi connectivity index (χ2n) is 3.91. The topological polar surface area (TPSA) is 71.1 Å². The number of Topliss-reactive ketones (excluding diaryl/α,β-unsaturated/α-hetero) is 1. The first kappa shape index (κ1) is 13.2. The van der Waals surface area contributed by atoms with E-state index in [0.29, 0.717) is 17.8 Å². The third-order valence-corrected chi connectivity index (χ3v) is 3.24. The lowest BCUT2D eigenvalue weighted by atomic mass is 10.1. The van der Waals surface area contributed by atoms with Gasteiger partial charge in [-0.05, 0) is 31.2 Å². The van der Waals surface area contributed by atoms with E-state index < -0.39 is 0 Å². The van der Waals surface area contributed by atoms with Gasteiger partial charge in [0.2, 0.25) is 0 Å². The Labute approximate surface area is 114 Å². The molecule has 2 amide bonds. The average molecular weight is 275 g/mol. The van der Waals surface area contributed by atoms with Crippen molar-refractivity contribution in [3.63, 3.8) is 0 Å². The number of benzene rings is 1. The number of hydrogen-bond acceptors (Lipinski definition) is 4. The number of carbonyl (C=O) groups is 2. The standard InChI is InChI=1S/C13H13N3O2S/c1-9(17)10-2-4-11(5-3-10)16-13(18)15-7-12-6-14-8-19-12/h2-6,8H,7H2,1H3,(H2,15,16,18). The van der Waals surface area contributed by atoms with Crippen LogP contribution in [0.1, 0.15) is 22.2 Å². The van der Waals surface area contributed by atoms with Crippen LogP contribution in [0.5, 0.6) is 0 Å². The molecule has 19 heavy (non-hydrogen) atoms. The molecule has 2 rings (SSSR count). The SMILES string of the molecule is CC(=O)c1ccc(NC(=O)NCc2cncs2)cc1. The molecule has 0 fully saturated rings. The monoisotopic (exact) mass is 275 g/mol. The van der Waals surface area contributed by atoms with Crippen LogP contribution in [-0.4, -0.2) is 16.8 Å². The predicted molar refractivity (Wildman–Crippen MR) is 74.4 cm³/mol. The summed E-state index contributed by atoms with van der Waals surface area (Å²) in [5, 5.41) is 5.42. The number of ketones is 1. The number of hydrogen-bond donors (Lipinski definition) is 2. The molecule has 0 unspecified atom stereocenters. The first-order valence-corrected chi connectivity index (χ1v) is 6.56. The van der Waals surface area contributed by atoms with Crippen LogP contribution >= 0.6 is 11.3 Å². The van der Waals surface area contributed by atoms with E-state index in [0.717, 1.165) is 4.88 Å². The first-order valence-electron chi connectivity index (χ1n) is 5.68. The number of thiazole rings is 1. The Bertz CT molecular complexity index is 564. The summed E-state index contributed by atoms with van der Waals surface area (Å²) in [6.07, 6.45) is 1.71. The molecule has 2 aromatic rings. The molecule has 0 aliphatic rings. The molecule has 98 valence electrons. The number of nitrogens with zero attached hydrogens (tertiary/aromatic N) is 1. The molecular formula is C13H13N3O2S. The summed E-state index contributed by atoms with van der Waals surface area (Å²) in [6, 6.07) is 6.47. The van der Waals surface area contributed by atoms with Gasteiger partial charge < -0.3 is 10.6 Å². The maximum absolute atomic E-state index is 11.6. The van der Waals surface area contributed by atoms with Crippen molar-refractivity contribution in [1.29, 1.82) is 0 Å². The van der Waals surface area contributed by atoms with Crippen molar-refractivity contribution in [3.05, 3.63) is 46.4 Å². The van der Waals surface area contributed by atoms with Gasteiger partial charge in [-0.15, -0.1) is 11.3 Å². The van der Waals surface area contributed by atoms with Gasteiger partial charge in [-0.3, -0.25) is 9.78 Å². The second kappa shape index (κ2) is 6.10. The quantitative estimate of drug-likeness (QED) is 0.843. The van der Waals surface area contributed by atoms with Gasteiger partial charge in [-0.25, -0.2) is 4.79 Å². The van der Waals surface area contributed by atoms with Gasteiger partial charge in [-0.1, -0.05) is 0 Å². The number of aromatic nitrogens is 1. The van der Waals surface area contributed by atoms with Crippen molar-refractivity contribution in [2.24, 2.45) is 0 Å². The lowest BCUT2D eigenvalue weighted by molar-refractivity contribution is 0.101. The van der Waals surface area contributed by atoms with Crippen LogP contribution in [0.2, 0.25) is 0 Å². The van der Waals surface area contributed by atoms with Gasteiger partial charge in [0, 0.05) is 22.3 Å². The van der Waals surface area contributed by atoms with Crippen LogP contribution in [0.15, 0.2) is 36.0 Å². The van der Waals surface area contributed by atoms with Crippen molar-refractivity contribution in [2.75, 3.05) is 5.32 Å². The van der Waals surface area contributed by atoms with Crippen molar-refractivity contribution >= 4 is 28.8 Å². The molecule has 0 saturated heterocycles. The fraction of sp³-hybridized carbons (Fsp3) is 0.154. The summed E-state index contributed by atoms with van der Waals surface area (Å²) in [6.45, 7) is 1.95. The van der Waals surface area contributed by atoms with E-state index in [2.05, 4.69) is 15.6 Å². The van der Waals surface area contributed by atoms with Crippen molar-refractivity contribution < 1.29 is 9.59 Å². The number of nitrogens with one attached hydrogen (secondary N) is 2. The Morgan fingerprint density at radius 1 is 1.26 bits per heavy atom. The second-order valence-corrected chi connectivity index (χ2v) is 4.88. The minimum absolute atomic E-state index is 0.00111. The lowest BCUT2D eigenvalue weighted by Crippen LogP contribution is -2.27. The third kappa shape index (κ3) is 3.89. The molecule has 0 saturated carbocycles. The van der Waals surface area contributed by atoms with Crippen LogP contribution in [0.25, 0.3) is 0 Å². The zero-order chi connectivity index (χ0) is 13.7. The highest BCUT2D eigenvalue weighted by atomic mass is 32.1. The number of carbonyl (C=O) groups excluding carboxylic acids is 2. The van der Waals surface area contributed by atoms with E-state index in [1.54, 1.807) is 36.0 Å². The van der Waals surface area contributed by atoms with E-state index >= 15 is 0 Å². The van der Waals surface area contributed by atoms with Gasteiger partial charge in [0.1, 0.15) is 0 Å². The van der Waals surface area contributed by atoms with Gasteiger partial charge in [-0.2, -0.15) is 0 Å². The zero-order valence-corrected chi connectivity index (χ0v) is 11.2. The van der Waals surface area contributed by atoms with Crippen LogP contribution in [0.4, 0.5) is 10.5 Å². The summed E-state index contributed by atoms with van der Waals surface area (Å²) in [5.74, 6) is 0.00111. The Kier molecular flexibility index (Phi) is 4.25. The number of urea groups is 1. The number of amides is 2. The summed E-state index contributed by atoms with van der Waals surface area (Å²) < 4.78 is 0. The molecule has 0 spiro atoms. The van der Waals surface area contributed by atoms with E-state index in [-0.39, 0.29) is 11.8 Å². The molecule has 1 aromatic heterocycles. The Morgan fingerprint density at radius 2 is 2.00 bits per heavy atom. The summed E-state index contributed by atoms with van der Waals surface area (Å²) >= 11 is 1.49. The van der Waals surface area contributed by atoms with E-state index in [1.807, 2.05) is 0 Å². The van der Waals surface area contributed by atoms with Crippen LogP contribution in [-0.2, 0) is 6.54 Å². The van der Waals surface area contributed by atoms with Crippen molar-refractivity contribution in [1.82, 2.24) is 10.3 Å². The molecule has 5 nitrogen and oxygen atoms in total. The summed E-state index contributed by atoms with van der Waals surface area (Å²) in [7, 11) is 0. The molecular weight excluding hydrogens is 262 g/mol. The van der Waals surface area contributed by atoms with Crippen molar-refractivity contribution in [2.45, 2.75) is 13.5 Å². The van der Waals surface area contributed by atoms with Gasteiger partial charge in [0.15, 0.2) is 5.78 Å². The zero-order valence-electron chi connectivity index (χ0n) is 10.3. The first-order chi connectivity index (χ1) is 9.15. The Morgan fingerprint density at radius 3 is 2.58 bits per heavy atom. The minimum Gasteiger partial charge on any atom is -0.333 e. The van der Waals surface area contributed by atoms with E-state index in [4.69, 9.17) is 0 Å². The highest BCUT2D eigenvalue weighted by molar-refractivity contribution is 7.09. The molecule has 0 aliphatic carbocycles. The molecule has 0 bridgehead atoms. The minimum atomic E-state index is -0.288. The average Bonchev–Trinajstić information content (AvgIpc) is 2.90. The number of rotatable bonds is 4. The normalized spacial score (nSPS) is 9.95. The lowest BCUT2D eigenvalue weighted by Gasteiger charge is -2.06. The largest absolute Gasteiger partial charge is 0.333 e. The molecule has 1 aromatic carbocycles. The molecule has 1 heterocycles. The van der Waals surface area contributed by atoms with Crippen LogP contribution in [0, 0.1) is 0 Å². The highest BCUT2D eigenvalue weighted by Crippen LogP contribution is 2.10. The smallest absolute Gasteiger partial charge is 0.319 e. The molecule has 2 N–H and O–H groups in total. The van der Waals surface area contributed by atoms with Gasteiger partial charge in [0.05, 0.1) is 12.1 Å². The Hall–Kier alpha value is -2.21. The van der Waals surface area contributed by atoms with E-state index in [9.17, 15) is 9.59 Å². The molecule has 6 heteroatoms. The summed E-state index contributed by atoms with van der Waals surface area (Å²) in [5.41, 5.74) is 2.98. The highest BCUT2D eigenvalue weighted by Gasteiger charge is 2.03. The van der Waals surface area contributed by atoms with Crippen LogP contribution in [0.3, 0.4) is 0 Å². The molecule has 0 radical (unpaired) electrons. The van der Waals surface area contributed by atoms with Gasteiger partial charge in [0.25, 0.3) is 0 Å². The third-order valence-electron chi connectivity index (χ3n) is 2.46. The maximum atomic E-state index is 11.6. The predicted octanol–water partition coefficient (Wildman–Crippen LogP) is 2.67. The van der Waals surface area contributed by atoms with E-state index in [1.165, 1.54) is 18.3 Å². The maximum Gasteiger partial charge on any atom is 0.319 e. The fourth-order valence-corrected chi connectivity index (χ4v) is 1.99. The summed E-state index contributed by atoms with van der Waals surface area (Å²) in [4.78, 5) is 27.6. The molecule has 0 aliphatic heterocycles. The van der Waals surface area contributed by atoms with Crippen LogP contribution < -0.4 is 10.6 Å². The fourth-order valence-electron chi connectivity index (χ4n) is 1.46. The van der Waals surface area contributed by atoms with Gasteiger partial charge >= 0.3 is 6.03 Å². The molecule has 0 atom stereocenters.